The Morgan fingerprint density at radius 1 is 1.57 bits per heavy atom. The third-order valence-corrected chi connectivity index (χ3v) is 2.29. The highest BCUT2D eigenvalue weighted by atomic mass is 35.5. The molecule has 4 heteroatoms. The molecule has 74 valence electrons. The minimum Gasteiger partial charge on any atom is -0.357 e. The number of halogens is 2. The zero-order valence-electron chi connectivity index (χ0n) is 7.96. The number of anilines is 1. The molecule has 0 fully saturated rings. The van der Waals surface area contributed by atoms with Crippen LogP contribution in [0.2, 0.25) is 5.02 Å². The number of nitrogens with zero attached hydrogens (tertiary/aromatic N) is 2. The fourth-order valence-corrected chi connectivity index (χ4v) is 1.22. The van der Waals surface area contributed by atoms with Crippen LogP contribution in [-0.2, 0) is 0 Å². The standard InChI is InChI=1S/C10H10ClFN2/c1-7(6-13)14(2)10-5-8(11)3-4-9(10)12/h3-5,7H,1-2H3. The third kappa shape index (κ3) is 2.15. The molecule has 0 aromatic heterocycles. The molecule has 0 amide bonds. The first-order chi connectivity index (χ1) is 6.56. The zero-order chi connectivity index (χ0) is 10.7. The Morgan fingerprint density at radius 2 is 2.21 bits per heavy atom. The molecule has 0 N–H and O–H groups in total. The van der Waals surface area contributed by atoms with Gasteiger partial charge in [0, 0.05) is 12.1 Å². The fourth-order valence-electron chi connectivity index (χ4n) is 1.05. The molecule has 0 aliphatic rings. The van der Waals surface area contributed by atoms with Crippen LogP contribution in [-0.4, -0.2) is 13.1 Å². The summed E-state index contributed by atoms with van der Waals surface area (Å²) in [7, 11) is 1.66. The lowest BCUT2D eigenvalue weighted by molar-refractivity contribution is 0.619. The minimum absolute atomic E-state index is 0.339. The van der Waals surface area contributed by atoms with Crippen molar-refractivity contribution in [3.8, 4) is 6.07 Å². The molecule has 0 aliphatic heterocycles. The van der Waals surface area contributed by atoms with E-state index in [1.165, 1.54) is 18.2 Å². The van der Waals surface area contributed by atoms with Gasteiger partial charge in [0.05, 0.1) is 11.8 Å². The van der Waals surface area contributed by atoms with E-state index >= 15 is 0 Å². The van der Waals surface area contributed by atoms with Gasteiger partial charge >= 0.3 is 0 Å². The second-order valence-electron chi connectivity index (χ2n) is 3.01. The van der Waals surface area contributed by atoms with Crippen molar-refractivity contribution >= 4 is 17.3 Å². The molecule has 1 aromatic carbocycles. The van der Waals surface area contributed by atoms with Gasteiger partial charge in [-0.3, -0.25) is 0 Å². The van der Waals surface area contributed by atoms with E-state index in [1.807, 2.05) is 6.07 Å². The fraction of sp³-hybridized carbons (Fsp3) is 0.300. The second kappa shape index (κ2) is 4.30. The average molecular weight is 213 g/mol. The van der Waals surface area contributed by atoms with Crippen LogP contribution in [0.15, 0.2) is 18.2 Å². The monoisotopic (exact) mass is 212 g/mol. The second-order valence-corrected chi connectivity index (χ2v) is 3.45. The van der Waals surface area contributed by atoms with E-state index < -0.39 is 0 Å². The maximum Gasteiger partial charge on any atom is 0.146 e. The molecular formula is C10H10ClFN2. The molecule has 1 rings (SSSR count). The van der Waals surface area contributed by atoms with Gasteiger partial charge in [0.15, 0.2) is 0 Å². The number of rotatable bonds is 2. The predicted molar refractivity (Wildman–Crippen MR) is 54.9 cm³/mol. The SMILES string of the molecule is CC(C#N)N(C)c1cc(Cl)ccc1F. The zero-order valence-corrected chi connectivity index (χ0v) is 8.72. The summed E-state index contributed by atoms with van der Waals surface area (Å²) in [6.45, 7) is 1.69. The molecule has 0 aliphatic carbocycles. The summed E-state index contributed by atoms with van der Waals surface area (Å²) in [6, 6.07) is 5.91. The Hall–Kier alpha value is -1.27. The Morgan fingerprint density at radius 3 is 2.79 bits per heavy atom. The van der Waals surface area contributed by atoms with Crippen LogP contribution in [0.25, 0.3) is 0 Å². The number of nitriles is 1. The summed E-state index contributed by atoms with van der Waals surface area (Å²) in [5.41, 5.74) is 0.339. The summed E-state index contributed by atoms with van der Waals surface area (Å²) in [4.78, 5) is 1.54. The van der Waals surface area contributed by atoms with Crippen LogP contribution in [0.4, 0.5) is 10.1 Å². The van der Waals surface area contributed by atoms with E-state index in [4.69, 9.17) is 16.9 Å². The number of hydrogen-bond donors (Lipinski definition) is 0. The Labute approximate surface area is 87.5 Å². The largest absolute Gasteiger partial charge is 0.357 e. The summed E-state index contributed by atoms with van der Waals surface area (Å²) in [5.74, 6) is -0.376. The highest BCUT2D eigenvalue weighted by Crippen LogP contribution is 2.23. The van der Waals surface area contributed by atoms with Gasteiger partial charge in [-0.2, -0.15) is 5.26 Å². The maximum absolute atomic E-state index is 13.3. The number of hydrogen-bond acceptors (Lipinski definition) is 2. The van der Waals surface area contributed by atoms with Gasteiger partial charge in [-0.05, 0) is 25.1 Å². The van der Waals surface area contributed by atoms with Crippen molar-refractivity contribution in [1.29, 1.82) is 5.26 Å². The molecule has 0 bridgehead atoms. The average Bonchev–Trinajstić information content (AvgIpc) is 2.19. The molecule has 0 spiro atoms. The summed E-state index contributed by atoms with van der Waals surface area (Å²) < 4.78 is 13.3. The minimum atomic E-state index is -0.386. The lowest BCUT2D eigenvalue weighted by atomic mass is 10.2. The normalized spacial score (nSPS) is 11.9. The van der Waals surface area contributed by atoms with Gasteiger partial charge in [0.25, 0.3) is 0 Å². The molecule has 1 aromatic rings. The van der Waals surface area contributed by atoms with Crippen molar-refractivity contribution in [2.24, 2.45) is 0 Å². The molecule has 2 nitrogen and oxygen atoms in total. The first-order valence-electron chi connectivity index (χ1n) is 4.13. The topological polar surface area (TPSA) is 27.0 Å². The lowest BCUT2D eigenvalue weighted by Crippen LogP contribution is -2.27. The molecule has 0 saturated carbocycles. The first kappa shape index (κ1) is 10.8. The summed E-state index contributed by atoms with van der Waals surface area (Å²) >= 11 is 5.73. The van der Waals surface area contributed by atoms with Crippen LogP contribution in [0, 0.1) is 17.1 Å². The van der Waals surface area contributed by atoms with Crippen molar-refractivity contribution in [2.75, 3.05) is 11.9 Å². The van der Waals surface area contributed by atoms with E-state index in [-0.39, 0.29) is 11.9 Å². The Bertz CT molecular complexity index is 373. The molecule has 0 radical (unpaired) electrons. The highest BCUT2D eigenvalue weighted by molar-refractivity contribution is 6.30. The van der Waals surface area contributed by atoms with E-state index in [0.717, 1.165) is 0 Å². The van der Waals surface area contributed by atoms with E-state index in [1.54, 1.807) is 18.9 Å². The van der Waals surface area contributed by atoms with Gasteiger partial charge in [0.1, 0.15) is 11.9 Å². The van der Waals surface area contributed by atoms with Gasteiger partial charge in [-0.25, -0.2) is 4.39 Å². The van der Waals surface area contributed by atoms with Crippen molar-refractivity contribution < 1.29 is 4.39 Å². The van der Waals surface area contributed by atoms with Crippen LogP contribution in [0.5, 0.6) is 0 Å². The smallest absolute Gasteiger partial charge is 0.146 e. The van der Waals surface area contributed by atoms with Crippen molar-refractivity contribution in [2.45, 2.75) is 13.0 Å². The molecular weight excluding hydrogens is 203 g/mol. The molecule has 0 heterocycles. The first-order valence-corrected chi connectivity index (χ1v) is 4.51. The molecule has 14 heavy (non-hydrogen) atoms. The summed E-state index contributed by atoms with van der Waals surface area (Å²) in [5, 5.41) is 9.14. The molecule has 1 atom stereocenters. The highest BCUT2D eigenvalue weighted by Gasteiger charge is 2.13. The van der Waals surface area contributed by atoms with Gasteiger partial charge in [-0.1, -0.05) is 11.6 Å². The predicted octanol–water partition coefficient (Wildman–Crippen LogP) is 2.83. The summed E-state index contributed by atoms with van der Waals surface area (Å²) in [6.07, 6.45) is 0. The Kier molecular flexibility index (Phi) is 3.32. The van der Waals surface area contributed by atoms with Gasteiger partial charge < -0.3 is 4.90 Å². The van der Waals surface area contributed by atoms with Gasteiger partial charge in [0.2, 0.25) is 0 Å². The molecule has 0 saturated heterocycles. The van der Waals surface area contributed by atoms with E-state index in [2.05, 4.69) is 0 Å². The van der Waals surface area contributed by atoms with Crippen molar-refractivity contribution in [3.63, 3.8) is 0 Å². The van der Waals surface area contributed by atoms with E-state index in [9.17, 15) is 4.39 Å². The van der Waals surface area contributed by atoms with Crippen molar-refractivity contribution in [3.05, 3.63) is 29.0 Å². The number of benzene rings is 1. The quantitative estimate of drug-likeness (QED) is 0.754. The van der Waals surface area contributed by atoms with Crippen LogP contribution >= 0.6 is 11.6 Å². The lowest BCUT2D eigenvalue weighted by Gasteiger charge is -2.22. The third-order valence-electron chi connectivity index (χ3n) is 2.06. The van der Waals surface area contributed by atoms with Crippen LogP contribution < -0.4 is 4.90 Å². The van der Waals surface area contributed by atoms with E-state index in [0.29, 0.717) is 10.7 Å². The van der Waals surface area contributed by atoms with Crippen molar-refractivity contribution in [1.82, 2.24) is 0 Å². The Balaban J connectivity index is 3.07. The maximum atomic E-state index is 13.3. The van der Waals surface area contributed by atoms with Gasteiger partial charge in [-0.15, -0.1) is 0 Å². The molecule has 1 unspecified atom stereocenters. The van der Waals surface area contributed by atoms with Crippen LogP contribution in [0.1, 0.15) is 6.92 Å². The van der Waals surface area contributed by atoms with Crippen LogP contribution in [0.3, 0.4) is 0 Å².